The lowest BCUT2D eigenvalue weighted by Crippen LogP contribution is -2.11. The zero-order chi connectivity index (χ0) is 16.3. The Balaban J connectivity index is 2.36. The van der Waals surface area contributed by atoms with E-state index in [1.54, 1.807) is 0 Å². The summed E-state index contributed by atoms with van der Waals surface area (Å²) in [7, 11) is -4.43. The van der Waals surface area contributed by atoms with Crippen molar-refractivity contribution in [1.82, 2.24) is 0 Å². The van der Waals surface area contributed by atoms with E-state index in [4.69, 9.17) is 4.18 Å². The molecule has 2 aromatic carbocycles. The number of para-hydroxylation sites is 1. The fourth-order valence-corrected chi connectivity index (χ4v) is 2.71. The molecule has 0 radical (unpaired) electrons. The molecule has 9 nitrogen and oxygen atoms in total. The molecular formula is C12H8N2O7S. The topological polar surface area (TPSA) is 130 Å². The third kappa shape index (κ3) is 3.17. The van der Waals surface area contributed by atoms with Gasteiger partial charge >= 0.3 is 10.1 Å². The fourth-order valence-electron chi connectivity index (χ4n) is 1.61. The van der Waals surface area contributed by atoms with Gasteiger partial charge in [0, 0.05) is 18.2 Å². The van der Waals surface area contributed by atoms with E-state index in [-0.39, 0.29) is 11.4 Å². The highest BCUT2D eigenvalue weighted by molar-refractivity contribution is 7.87. The molecule has 0 heterocycles. The van der Waals surface area contributed by atoms with Gasteiger partial charge in [-0.05, 0) is 18.2 Å². The van der Waals surface area contributed by atoms with Crippen molar-refractivity contribution >= 4 is 21.5 Å². The first-order valence-corrected chi connectivity index (χ1v) is 7.14. The van der Waals surface area contributed by atoms with Crippen LogP contribution in [0.15, 0.2) is 53.4 Å². The average Bonchev–Trinajstić information content (AvgIpc) is 2.47. The van der Waals surface area contributed by atoms with Gasteiger partial charge in [-0.3, -0.25) is 20.2 Å². The zero-order valence-electron chi connectivity index (χ0n) is 10.8. The highest BCUT2D eigenvalue weighted by atomic mass is 32.2. The number of nitro groups is 2. The van der Waals surface area contributed by atoms with Gasteiger partial charge in [0.2, 0.25) is 0 Å². The monoisotopic (exact) mass is 324 g/mol. The molecule has 114 valence electrons. The van der Waals surface area contributed by atoms with Crippen molar-refractivity contribution in [3.8, 4) is 5.75 Å². The van der Waals surface area contributed by atoms with Crippen LogP contribution < -0.4 is 4.18 Å². The summed E-state index contributed by atoms with van der Waals surface area (Å²) in [5.41, 5.74) is -0.861. The molecule has 2 rings (SSSR count). The molecule has 0 fully saturated rings. The predicted octanol–water partition coefficient (Wildman–Crippen LogP) is 2.27. The van der Waals surface area contributed by atoms with Crippen LogP contribution in [0.25, 0.3) is 0 Å². The van der Waals surface area contributed by atoms with E-state index in [9.17, 15) is 28.6 Å². The number of hydrogen-bond donors (Lipinski definition) is 0. The Labute approximate surface area is 124 Å². The summed E-state index contributed by atoms with van der Waals surface area (Å²) < 4.78 is 28.9. The molecule has 22 heavy (non-hydrogen) atoms. The van der Waals surface area contributed by atoms with Crippen LogP contribution in [0.5, 0.6) is 5.75 Å². The second-order valence-corrected chi connectivity index (χ2v) is 5.53. The highest BCUT2D eigenvalue weighted by Gasteiger charge is 2.27. The summed E-state index contributed by atoms with van der Waals surface area (Å²) in [5, 5.41) is 21.4. The Morgan fingerprint density at radius 2 is 1.45 bits per heavy atom. The lowest BCUT2D eigenvalue weighted by Gasteiger charge is -2.07. The van der Waals surface area contributed by atoms with E-state index in [1.165, 1.54) is 12.1 Å². The first kappa shape index (κ1) is 15.4. The number of nitrogens with zero attached hydrogens (tertiary/aromatic N) is 2. The van der Waals surface area contributed by atoms with E-state index in [1.807, 2.05) is 0 Å². The normalized spacial score (nSPS) is 10.9. The molecule has 0 aliphatic heterocycles. The molecule has 0 amide bonds. The number of benzene rings is 2. The molecule has 0 bridgehead atoms. The van der Waals surface area contributed by atoms with Crippen LogP contribution in [0.4, 0.5) is 11.4 Å². The van der Waals surface area contributed by atoms with E-state index >= 15 is 0 Å². The molecule has 0 aromatic heterocycles. The fraction of sp³-hybridized carbons (Fsp3) is 0. The molecule has 0 spiro atoms. The number of rotatable bonds is 5. The maximum atomic E-state index is 12.1. The summed E-state index contributed by atoms with van der Waals surface area (Å²) in [6.07, 6.45) is 0. The molecule has 10 heteroatoms. The van der Waals surface area contributed by atoms with Gasteiger partial charge < -0.3 is 4.18 Å². The minimum absolute atomic E-state index is 0.191. The van der Waals surface area contributed by atoms with Gasteiger partial charge in [0.25, 0.3) is 11.4 Å². The first-order valence-electron chi connectivity index (χ1n) is 5.73. The van der Waals surface area contributed by atoms with Crippen molar-refractivity contribution in [1.29, 1.82) is 0 Å². The third-order valence-electron chi connectivity index (χ3n) is 2.58. The summed E-state index contributed by atoms with van der Waals surface area (Å²) in [4.78, 5) is 19.3. The van der Waals surface area contributed by atoms with Crippen molar-refractivity contribution in [3.63, 3.8) is 0 Å². The Hall–Kier alpha value is -3.01. The van der Waals surface area contributed by atoms with Crippen LogP contribution in [0.3, 0.4) is 0 Å². The van der Waals surface area contributed by atoms with Gasteiger partial charge in [-0.15, -0.1) is 0 Å². The first-order chi connectivity index (χ1) is 10.3. The Bertz CT molecular complexity index is 831. The Kier molecular flexibility index (Phi) is 4.04. The van der Waals surface area contributed by atoms with Crippen LogP contribution in [0, 0.1) is 20.2 Å². The quantitative estimate of drug-likeness (QED) is 0.468. The van der Waals surface area contributed by atoms with Gasteiger partial charge in [0.1, 0.15) is 5.75 Å². The SMILES string of the molecule is O=[N+]([O-])c1ccc(OS(=O)(=O)c2ccccc2[N+](=O)[O-])cc1. The van der Waals surface area contributed by atoms with Crippen LogP contribution in [-0.2, 0) is 10.1 Å². The maximum absolute atomic E-state index is 12.1. The van der Waals surface area contributed by atoms with Gasteiger partial charge in [-0.1, -0.05) is 12.1 Å². The van der Waals surface area contributed by atoms with E-state index in [2.05, 4.69) is 0 Å². The Morgan fingerprint density at radius 1 is 0.864 bits per heavy atom. The number of non-ortho nitro benzene ring substituents is 1. The molecule has 0 N–H and O–H groups in total. The summed E-state index contributed by atoms with van der Waals surface area (Å²) in [6.45, 7) is 0. The molecule has 0 aliphatic rings. The standard InChI is InChI=1S/C12H8N2O7S/c15-13(16)9-5-7-10(8-6-9)21-22(19,20)12-4-2-1-3-11(12)14(17)18/h1-8H. The second-order valence-electron chi connectivity index (χ2n) is 4.01. The zero-order valence-corrected chi connectivity index (χ0v) is 11.6. The lowest BCUT2D eigenvalue weighted by molar-refractivity contribution is -0.387. The van der Waals surface area contributed by atoms with E-state index in [0.717, 1.165) is 36.4 Å². The van der Waals surface area contributed by atoms with Crippen LogP contribution >= 0.6 is 0 Å². The Morgan fingerprint density at radius 3 is 2.00 bits per heavy atom. The minimum atomic E-state index is -4.43. The average molecular weight is 324 g/mol. The maximum Gasteiger partial charge on any atom is 0.346 e. The van der Waals surface area contributed by atoms with Crippen LogP contribution in [0.1, 0.15) is 0 Å². The second kappa shape index (κ2) is 5.77. The molecule has 0 saturated heterocycles. The van der Waals surface area contributed by atoms with Crippen LogP contribution in [0.2, 0.25) is 0 Å². The van der Waals surface area contributed by atoms with Crippen LogP contribution in [-0.4, -0.2) is 18.3 Å². The minimum Gasteiger partial charge on any atom is -0.379 e. The van der Waals surface area contributed by atoms with E-state index in [0.29, 0.717) is 0 Å². The summed E-state index contributed by atoms with van der Waals surface area (Å²) >= 11 is 0. The van der Waals surface area contributed by atoms with E-state index < -0.39 is 30.5 Å². The van der Waals surface area contributed by atoms with Gasteiger partial charge in [-0.2, -0.15) is 8.42 Å². The molecular weight excluding hydrogens is 316 g/mol. The van der Waals surface area contributed by atoms with Gasteiger partial charge in [0.05, 0.1) is 9.85 Å². The van der Waals surface area contributed by atoms with Gasteiger partial charge in [-0.25, -0.2) is 0 Å². The molecule has 0 saturated carbocycles. The summed E-state index contributed by atoms with van der Waals surface area (Å²) in [6, 6.07) is 9.01. The number of nitro benzene ring substituents is 2. The molecule has 0 atom stereocenters. The van der Waals surface area contributed by atoms with Crippen molar-refractivity contribution < 1.29 is 22.4 Å². The van der Waals surface area contributed by atoms with Crippen molar-refractivity contribution in [3.05, 3.63) is 68.8 Å². The largest absolute Gasteiger partial charge is 0.379 e. The number of hydrogen-bond acceptors (Lipinski definition) is 7. The smallest absolute Gasteiger partial charge is 0.346 e. The van der Waals surface area contributed by atoms with Gasteiger partial charge in [0.15, 0.2) is 4.90 Å². The third-order valence-corrected chi connectivity index (χ3v) is 3.88. The molecule has 2 aromatic rings. The van der Waals surface area contributed by atoms with Crippen molar-refractivity contribution in [2.24, 2.45) is 0 Å². The highest BCUT2D eigenvalue weighted by Crippen LogP contribution is 2.27. The lowest BCUT2D eigenvalue weighted by atomic mass is 10.3. The predicted molar refractivity (Wildman–Crippen MR) is 74.0 cm³/mol. The molecule has 0 aliphatic carbocycles. The molecule has 0 unspecified atom stereocenters. The summed E-state index contributed by atoms with van der Waals surface area (Å²) in [5.74, 6) is -0.191. The van der Waals surface area contributed by atoms with Crippen molar-refractivity contribution in [2.75, 3.05) is 0 Å². The van der Waals surface area contributed by atoms with Crippen molar-refractivity contribution in [2.45, 2.75) is 4.90 Å².